The van der Waals surface area contributed by atoms with E-state index in [2.05, 4.69) is 10.0 Å². The predicted molar refractivity (Wildman–Crippen MR) is 57.5 cm³/mol. The third-order valence-corrected chi connectivity index (χ3v) is 3.77. The van der Waals surface area contributed by atoms with Crippen molar-refractivity contribution in [3.05, 3.63) is 40.3 Å². The lowest BCUT2D eigenvalue weighted by Gasteiger charge is -2.07. The van der Waals surface area contributed by atoms with Crippen LogP contribution in [0.5, 0.6) is 0 Å². The lowest BCUT2D eigenvalue weighted by atomic mass is 10.2. The molecule has 1 aromatic carbocycles. The van der Waals surface area contributed by atoms with Crippen LogP contribution < -0.4 is 0 Å². The molecule has 0 unspecified atom stereocenters. The van der Waals surface area contributed by atoms with E-state index in [9.17, 15) is 21.6 Å². The van der Waals surface area contributed by atoms with Gasteiger partial charge in [-0.3, -0.25) is 0 Å². The summed E-state index contributed by atoms with van der Waals surface area (Å²) in [6.07, 6.45) is -4.51. The van der Waals surface area contributed by atoms with Crippen LogP contribution in [-0.4, -0.2) is 20.7 Å². The maximum absolute atomic E-state index is 12.3. The fourth-order valence-electron chi connectivity index (χ4n) is 1.17. The summed E-state index contributed by atoms with van der Waals surface area (Å²) >= 11 is 0. The molecule has 98 valence electrons. The number of benzene rings is 1. The molecule has 0 N–H and O–H groups in total. The standard InChI is InChI=1S/C9H8F3N3O2S/c10-9(11,12)7-1-3-8(4-2-7)18(16,17)6-5-14-15-13/h1-4H,5-6H2. The van der Waals surface area contributed by atoms with Crippen molar-refractivity contribution in [2.24, 2.45) is 5.11 Å². The lowest BCUT2D eigenvalue weighted by Crippen LogP contribution is -2.10. The third kappa shape index (κ3) is 3.64. The maximum atomic E-state index is 12.3. The number of nitrogens with zero attached hydrogens (tertiary/aromatic N) is 3. The average Bonchev–Trinajstić information content (AvgIpc) is 2.28. The van der Waals surface area contributed by atoms with Crippen LogP contribution >= 0.6 is 0 Å². The molecule has 18 heavy (non-hydrogen) atoms. The highest BCUT2D eigenvalue weighted by Crippen LogP contribution is 2.29. The van der Waals surface area contributed by atoms with Gasteiger partial charge in [-0.05, 0) is 29.8 Å². The minimum atomic E-state index is -4.51. The van der Waals surface area contributed by atoms with Gasteiger partial charge in [0.15, 0.2) is 9.84 Å². The number of sulfone groups is 1. The molecule has 0 aromatic heterocycles. The Labute approximate surface area is 101 Å². The van der Waals surface area contributed by atoms with Crippen molar-refractivity contribution in [3.8, 4) is 0 Å². The summed E-state index contributed by atoms with van der Waals surface area (Å²) in [5, 5.41) is 3.06. The minimum absolute atomic E-state index is 0.233. The second-order valence-corrected chi connectivity index (χ2v) is 5.40. The largest absolute Gasteiger partial charge is 0.416 e. The zero-order chi connectivity index (χ0) is 13.8. The molecule has 0 fully saturated rings. The minimum Gasteiger partial charge on any atom is -0.224 e. The van der Waals surface area contributed by atoms with E-state index in [1.807, 2.05) is 0 Å². The molecule has 0 aliphatic rings. The number of halogens is 3. The quantitative estimate of drug-likeness (QED) is 0.482. The van der Waals surface area contributed by atoms with Gasteiger partial charge in [-0.15, -0.1) is 0 Å². The van der Waals surface area contributed by atoms with E-state index in [1.165, 1.54) is 0 Å². The second-order valence-electron chi connectivity index (χ2n) is 3.30. The molecule has 0 saturated heterocycles. The molecule has 9 heteroatoms. The smallest absolute Gasteiger partial charge is 0.224 e. The summed E-state index contributed by atoms with van der Waals surface area (Å²) in [6.45, 7) is -0.264. The Bertz CT molecular complexity index is 560. The van der Waals surface area contributed by atoms with Gasteiger partial charge >= 0.3 is 6.18 Å². The molecule has 1 rings (SSSR count). The van der Waals surface area contributed by atoms with Crippen molar-refractivity contribution in [3.63, 3.8) is 0 Å². The molecule has 1 aromatic rings. The molecule has 5 nitrogen and oxygen atoms in total. The first-order chi connectivity index (χ1) is 8.27. The Kier molecular flexibility index (Phi) is 4.20. The van der Waals surface area contributed by atoms with Crippen molar-refractivity contribution in [1.29, 1.82) is 0 Å². The molecule has 0 saturated carbocycles. The number of hydrogen-bond acceptors (Lipinski definition) is 3. The van der Waals surface area contributed by atoms with Gasteiger partial charge in [-0.1, -0.05) is 5.11 Å². The van der Waals surface area contributed by atoms with Gasteiger partial charge in [0.1, 0.15) is 0 Å². The summed E-state index contributed by atoms with van der Waals surface area (Å²) < 4.78 is 60.0. The van der Waals surface area contributed by atoms with Gasteiger partial charge in [0.2, 0.25) is 0 Å². The monoisotopic (exact) mass is 279 g/mol. The predicted octanol–water partition coefficient (Wildman–Crippen LogP) is 2.79. The van der Waals surface area contributed by atoms with Gasteiger partial charge in [-0.25, -0.2) is 8.42 Å². The number of azide groups is 1. The topological polar surface area (TPSA) is 82.9 Å². The molecule has 0 radical (unpaired) electrons. The first kappa shape index (κ1) is 14.3. The third-order valence-electron chi connectivity index (χ3n) is 2.06. The van der Waals surface area contributed by atoms with Crippen LogP contribution in [0, 0.1) is 0 Å². The van der Waals surface area contributed by atoms with Crippen LogP contribution in [-0.2, 0) is 16.0 Å². The Morgan fingerprint density at radius 2 is 1.78 bits per heavy atom. The fourth-order valence-corrected chi connectivity index (χ4v) is 2.28. The van der Waals surface area contributed by atoms with Crippen LogP contribution in [0.4, 0.5) is 13.2 Å². The van der Waals surface area contributed by atoms with Crippen LogP contribution in [0.2, 0.25) is 0 Å². The van der Waals surface area contributed by atoms with E-state index in [-0.39, 0.29) is 11.4 Å². The first-order valence-electron chi connectivity index (χ1n) is 4.68. The number of hydrogen-bond donors (Lipinski definition) is 0. The molecule has 0 atom stereocenters. The molecule has 0 bridgehead atoms. The highest BCUT2D eigenvalue weighted by Gasteiger charge is 2.30. The van der Waals surface area contributed by atoms with Crippen molar-refractivity contribution >= 4 is 9.84 Å². The van der Waals surface area contributed by atoms with Crippen LogP contribution in [0.1, 0.15) is 5.56 Å². The van der Waals surface area contributed by atoms with E-state index >= 15 is 0 Å². The molecule has 0 aliphatic carbocycles. The number of rotatable bonds is 4. The van der Waals surface area contributed by atoms with Gasteiger partial charge in [0, 0.05) is 11.5 Å². The van der Waals surface area contributed by atoms with E-state index in [1.54, 1.807) is 0 Å². The van der Waals surface area contributed by atoms with E-state index in [4.69, 9.17) is 5.53 Å². The SMILES string of the molecule is [N-]=[N+]=NCCS(=O)(=O)c1ccc(C(F)(F)F)cc1. The van der Waals surface area contributed by atoms with E-state index in [0.29, 0.717) is 12.1 Å². The zero-order valence-corrected chi connectivity index (χ0v) is 9.74. The van der Waals surface area contributed by atoms with Crippen molar-refractivity contribution in [2.45, 2.75) is 11.1 Å². The normalized spacial score (nSPS) is 11.9. The summed E-state index contributed by atoms with van der Waals surface area (Å²) in [6, 6.07) is 3.16. The lowest BCUT2D eigenvalue weighted by molar-refractivity contribution is -0.137. The van der Waals surface area contributed by atoms with Gasteiger partial charge in [0.05, 0.1) is 16.2 Å². The van der Waals surface area contributed by atoms with E-state index in [0.717, 1.165) is 12.1 Å². The summed E-state index contributed by atoms with van der Waals surface area (Å²) in [5.41, 5.74) is 7.08. The number of alkyl halides is 3. The molecule has 0 spiro atoms. The summed E-state index contributed by atoms with van der Waals surface area (Å²) in [4.78, 5) is 2.16. The maximum Gasteiger partial charge on any atom is 0.416 e. The average molecular weight is 279 g/mol. The van der Waals surface area contributed by atoms with Crippen molar-refractivity contribution in [2.75, 3.05) is 12.3 Å². The Morgan fingerprint density at radius 1 is 1.22 bits per heavy atom. The first-order valence-corrected chi connectivity index (χ1v) is 6.33. The molecule has 0 heterocycles. The van der Waals surface area contributed by atoms with E-state index < -0.39 is 27.3 Å². The van der Waals surface area contributed by atoms with Crippen LogP contribution in [0.3, 0.4) is 0 Å². The van der Waals surface area contributed by atoms with Crippen molar-refractivity contribution in [1.82, 2.24) is 0 Å². The summed E-state index contributed by atoms with van der Waals surface area (Å²) in [7, 11) is -3.73. The fraction of sp³-hybridized carbons (Fsp3) is 0.333. The highest BCUT2D eigenvalue weighted by molar-refractivity contribution is 7.91. The molecule has 0 aliphatic heterocycles. The van der Waals surface area contributed by atoms with Crippen LogP contribution in [0.15, 0.2) is 34.3 Å². The molecular formula is C9H8F3N3O2S. The second kappa shape index (κ2) is 5.28. The summed E-state index contributed by atoms with van der Waals surface area (Å²) in [5.74, 6) is -0.442. The van der Waals surface area contributed by atoms with Crippen LogP contribution in [0.25, 0.3) is 10.4 Å². The Morgan fingerprint density at radius 3 is 2.22 bits per heavy atom. The van der Waals surface area contributed by atoms with Gasteiger partial charge in [-0.2, -0.15) is 13.2 Å². The molecule has 0 amide bonds. The molecular weight excluding hydrogens is 271 g/mol. The van der Waals surface area contributed by atoms with Crippen molar-refractivity contribution < 1.29 is 21.6 Å². The van der Waals surface area contributed by atoms with Gasteiger partial charge in [0.25, 0.3) is 0 Å². The highest BCUT2D eigenvalue weighted by atomic mass is 32.2. The van der Waals surface area contributed by atoms with Gasteiger partial charge < -0.3 is 0 Å². The Hall–Kier alpha value is -1.73. The zero-order valence-electron chi connectivity index (χ0n) is 8.92. The Balaban J connectivity index is 2.94.